The molecule has 0 aliphatic heterocycles. The SMILES string of the molecule is CC.CC.Cc1cnn(-c2ccc(Cl)cn2)c1. The van der Waals surface area contributed by atoms with Crippen LogP contribution in [0.4, 0.5) is 0 Å². The van der Waals surface area contributed by atoms with E-state index >= 15 is 0 Å². The highest BCUT2D eigenvalue weighted by atomic mass is 35.5. The molecule has 2 rings (SSSR count). The van der Waals surface area contributed by atoms with E-state index in [1.54, 1.807) is 23.1 Å². The number of rotatable bonds is 1. The van der Waals surface area contributed by atoms with Crippen molar-refractivity contribution in [2.75, 3.05) is 0 Å². The Morgan fingerprint density at radius 2 is 1.71 bits per heavy atom. The summed E-state index contributed by atoms with van der Waals surface area (Å²) < 4.78 is 1.71. The lowest BCUT2D eigenvalue weighted by Gasteiger charge is -1.98. The fourth-order valence-corrected chi connectivity index (χ4v) is 1.15. The predicted molar refractivity (Wildman–Crippen MR) is 73.8 cm³/mol. The fraction of sp³-hybridized carbons (Fsp3) is 0.385. The largest absolute Gasteiger partial charge is 0.236 e. The lowest BCUT2D eigenvalue weighted by atomic mass is 10.4. The molecule has 0 aromatic carbocycles. The zero-order valence-corrected chi connectivity index (χ0v) is 11.9. The molecule has 2 aromatic heterocycles. The number of nitrogens with zero attached hydrogens (tertiary/aromatic N) is 3. The van der Waals surface area contributed by atoms with Crippen LogP contribution in [-0.2, 0) is 0 Å². The van der Waals surface area contributed by atoms with Gasteiger partial charge in [-0.3, -0.25) is 0 Å². The lowest BCUT2D eigenvalue weighted by Crippen LogP contribution is -1.96. The van der Waals surface area contributed by atoms with Crippen LogP contribution >= 0.6 is 11.6 Å². The Bertz CT molecular complexity index is 407. The van der Waals surface area contributed by atoms with Crippen molar-refractivity contribution in [1.82, 2.24) is 14.8 Å². The maximum absolute atomic E-state index is 5.71. The molecule has 0 unspecified atom stereocenters. The Balaban J connectivity index is 0.000000581. The van der Waals surface area contributed by atoms with Crippen molar-refractivity contribution in [1.29, 1.82) is 0 Å². The van der Waals surface area contributed by atoms with Gasteiger partial charge in [0.1, 0.15) is 0 Å². The van der Waals surface area contributed by atoms with Crippen molar-refractivity contribution in [3.63, 3.8) is 0 Å². The van der Waals surface area contributed by atoms with Crippen molar-refractivity contribution < 1.29 is 0 Å². The van der Waals surface area contributed by atoms with E-state index in [-0.39, 0.29) is 0 Å². The van der Waals surface area contributed by atoms with Gasteiger partial charge in [-0.15, -0.1) is 0 Å². The highest BCUT2D eigenvalue weighted by Gasteiger charge is 1.98. The van der Waals surface area contributed by atoms with E-state index in [0.29, 0.717) is 5.02 Å². The van der Waals surface area contributed by atoms with Crippen molar-refractivity contribution in [2.24, 2.45) is 0 Å². The molecule has 0 aliphatic rings. The number of pyridine rings is 1. The predicted octanol–water partition coefficient (Wildman–Crippen LogP) is 4.28. The van der Waals surface area contributed by atoms with Crippen molar-refractivity contribution in [3.8, 4) is 5.82 Å². The number of hydrogen-bond donors (Lipinski definition) is 0. The third-order valence-electron chi connectivity index (χ3n) is 1.66. The van der Waals surface area contributed by atoms with Gasteiger partial charge in [0.2, 0.25) is 0 Å². The second-order valence-corrected chi connectivity index (χ2v) is 3.23. The third-order valence-corrected chi connectivity index (χ3v) is 1.88. The van der Waals surface area contributed by atoms with Gasteiger partial charge in [0.05, 0.1) is 11.2 Å². The molecule has 0 atom stereocenters. The molecule has 0 N–H and O–H groups in total. The molecule has 0 radical (unpaired) electrons. The standard InChI is InChI=1S/C9H8ClN3.2C2H6/c1-7-4-12-13(6-7)9-3-2-8(10)5-11-9;2*1-2/h2-6H,1H3;2*1-2H3. The molecular formula is C13H20ClN3. The second kappa shape index (κ2) is 8.76. The van der Waals surface area contributed by atoms with E-state index in [2.05, 4.69) is 10.1 Å². The van der Waals surface area contributed by atoms with Crippen molar-refractivity contribution >= 4 is 11.6 Å². The minimum Gasteiger partial charge on any atom is -0.236 e. The van der Waals surface area contributed by atoms with Crippen molar-refractivity contribution in [2.45, 2.75) is 34.6 Å². The summed E-state index contributed by atoms with van der Waals surface area (Å²) in [4.78, 5) is 4.13. The van der Waals surface area contributed by atoms with E-state index < -0.39 is 0 Å². The first-order valence-corrected chi connectivity index (χ1v) is 6.27. The minimum absolute atomic E-state index is 0.632. The van der Waals surface area contributed by atoms with Gasteiger partial charge >= 0.3 is 0 Å². The smallest absolute Gasteiger partial charge is 0.153 e. The molecule has 0 spiro atoms. The number of aromatic nitrogens is 3. The lowest BCUT2D eigenvalue weighted by molar-refractivity contribution is 0.847. The topological polar surface area (TPSA) is 30.7 Å². The fourth-order valence-electron chi connectivity index (χ4n) is 1.04. The quantitative estimate of drug-likeness (QED) is 0.759. The van der Waals surface area contributed by atoms with Crippen LogP contribution in [0.1, 0.15) is 33.3 Å². The number of aryl methyl sites for hydroxylation is 1. The molecule has 0 fully saturated rings. The molecule has 0 bridgehead atoms. The van der Waals surface area contributed by atoms with E-state index in [1.165, 1.54) is 0 Å². The van der Waals surface area contributed by atoms with E-state index in [1.807, 2.05) is 46.9 Å². The van der Waals surface area contributed by atoms with Crippen LogP contribution in [0.3, 0.4) is 0 Å². The molecule has 94 valence electrons. The Kier molecular flexibility index (Phi) is 8.07. The van der Waals surface area contributed by atoms with Crippen LogP contribution in [0.15, 0.2) is 30.7 Å². The highest BCUT2D eigenvalue weighted by Crippen LogP contribution is 2.09. The Morgan fingerprint density at radius 1 is 1.06 bits per heavy atom. The van der Waals surface area contributed by atoms with Gasteiger partial charge in [-0.05, 0) is 24.6 Å². The molecule has 0 amide bonds. The average molecular weight is 254 g/mol. The van der Waals surface area contributed by atoms with Gasteiger partial charge in [0, 0.05) is 12.4 Å². The summed E-state index contributed by atoms with van der Waals surface area (Å²) in [5, 5.41) is 4.76. The summed E-state index contributed by atoms with van der Waals surface area (Å²) in [6.07, 6.45) is 5.31. The van der Waals surface area contributed by atoms with E-state index in [9.17, 15) is 0 Å². The van der Waals surface area contributed by atoms with Gasteiger partial charge in [-0.25, -0.2) is 9.67 Å². The van der Waals surface area contributed by atoms with Crippen LogP contribution in [-0.4, -0.2) is 14.8 Å². The zero-order chi connectivity index (χ0) is 13.3. The summed E-state index contributed by atoms with van der Waals surface area (Å²) in [5.41, 5.74) is 1.11. The van der Waals surface area contributed by atoms with Crippen LogP contribution in [0, 0.1) is 6.92 Å². The Hall–Kier alpha value is -1.35. The summed E-state index contributed by atoms with van der Waals surface area (Å²) in [6, 6.07) is 3.62. The highest BCUT2D eigenvalue weighted by molar-refractivity contribution is 6.30. The van der Waals surface area contributed by atoms with Crippen molar-refractivity contribution in [3.05, 3.63) is 41.3 Å². The van der Waals surface area contributed by atoms with E-state index in [4.69, 9.17) is 11.6 Å². The molecule has 4 heteroatoms. The van der Waals surface area contributed by atoms with Crippen LogP contribution in [0.2, 0.25) is 5.02 Å². The summed E-state index contributed by atoms with van der Waals surface area (Å²) >= 11 is 5.71. The Morgan fingerprint density at radius 3 is 2.12 bits per heavy atom. The molecule has 0 saturated heterocycles. The average Bonchev–Trinajstić information content (AvgIpc) is 2.82. The minimum atomic E-state index is 0.632. The number of hydrogen-bond acceptors (Lipinski definition) is 2. The zero-order valence-electron chi connectivity index (χ0n) is 11.1. The molecule has 0 aliphatic carbocycles. The molecular weight excluding hydrogens is 234 g/mol. The molecule has 0 saturated carbocycles. The first-order valence-electron chi connectivity index (χ1n) is 5.89. The number of halogens is 1. The molecule has 3 nitrogen and oxygen atoms in total. The maximum Gasteiger partial charge on any atom is 0.153 e. The molecule has 17 heavy (non-hydrogen) atoms. The van der Waals surface area contributed by atoms with Crippen LogP contribution in [0.5, 0.6) is 0 Å². The maximum atomic E-state index is 5.71. The summed E-state index contributed by atoms with van der Waals surface area (Å²) in [7, 11) is 0. The third kappa shape index (κ3) is 5.00. The van der Waals surface area contributed by atoms with E-state index in [0.717, 1.165) is 11.4 Å². The van der Waals surface area contributed by atoms with Gasteiger partial charge in [-0.2, -0.15) is 5.10 Å². The Labute approximate surface area is 108 Å². The normalized spacial score (nSPS) is 8.59. The second-order valence-electron chi connectivity index (χ2n) is 2.80. The first-order chi connectivity index (χ1) is 8.25. The summed E-state index contributed by atoms with van der Waals surface area (Å²) in [6.45, 7) is 9.99. The summed E-state index contributed by atoms with van der Waals surface area (Å²) in [5.74, 6) is 0.775. The first kappa shape index (κ1) is 15.7. The van der Waals surface area contributed by atoms with Gasteiger partial charge in [-0.1, -0.05) is 39.3 Å². The van der Waals surface area contributed by atoms with Crippen LogP contribution in [0.25, 0.3) is 5.82 Å². The van der Waals surface area contributed by atoms with Gasteiger partial charge in [0.15, 0.2) is 5.82 Å². The van der Waals surface area contributed by atoms with Gasteiger partial charge in [0.25, 0.3) is 0 Å². The molecule has 2 aromatic rings. The van der Waals surface area contributed by atoms with Crippen LogP contribution < -0.4 is 0 Å². The monoisotopic (exact) mass is 253 g/mol. The molecule has 2 heterocycles. The van der Waals surface area contributed by atoms with Gasteiger partial charge < -0.3 is 0 Å².